The number of nitrogens with two attached hydrogens (primary N) is 1. The van der Waals surface area contributed by atoms with E-state index in [4.69, 9.17) is 17.3 Å². The molecule has 1 fully saturated rings. The number of carbonyl (C=O) groups is 1. The van der Waals surface area contributed by atoms with E-state index in [1.165, 1.54) is 17.0 Å². The summed E-state index contributed by atoms with van der Waals surface area (Å²) in [5.41, 5.74) is 9.54. The highest BCUT2D eigenvalue weighted by atomic mass is 35.5. The van der Waals surface area contributed by atoms with Crippen LogP contribution in [0.3, 0.4) is 0 Å². The molecule has 0 aliphatic heterocycles. The molecule has 196 valence electrons. The molecule has 6 rings (SSSR count). The van der Waals surface area contributed by atoms with Crippen molar-refractivity contribution in [1.82, 2.24) is 19.1 Å². The van der Waals surface area contributed by atoms with E-state index in [2.05, 4.69) is 19.9 Å². The first-order valence-corrected chi connectivity index (χ1v) is 12.9. The summed E-state index contributed by atoms with van der Waals surface area (Å²) in [6, 6.07) is 17.5. The monoisotopic (exact) mass is 540 g/mol. The second kappa shape index (κ2) is 10.0. The highest BCUT2D eigenvalue weighted by molar-refractivity contribution is 6.30. The molecule has 9 nitrogen and oxygen atoms in total. The molecule has 3 heterocycles. The maximum atomic E-state index is 13.0. The van der Waals surface area contributed by atoms with Crippen LogP contribution in [0.15, 0.2) is 84.2 Å². The number of amides is 1. The highest BCUT2D eigenvalue weighted by Gasteiger charge is 2.32. The largest absolute Gasteiger partial charge is 0.396 e. The van der Waals surface area contributed by atoms with Crippen LogP contribution in [0.2, 0.25) is 5.02 Å². The molecule has 1 aliphatic rings. The molecule has 39 heavy (non-hydrogen) atoms. The third kappa shape index (κ3) is 4.56. The topological polar surface area (TPSA) is 128 Å². The molecular weight excluding hydrogens is 516 g/mol. The lowest BCUT2D eigenvalue weighted by atomic mass is 9.81. The van der Waals surface area contributed by atoms with Crippen LogP contribution < -0.4 is 16.6 Å². The lowest BCUT2D eigenvalue weighted by Gasteiger charge is -2.35. The summed E-state index contributed by atoms with van der Waals surface area (Å²) in [6.07, 6.45) is 6.87. The predicted octanol–water partition coefficient (Wildman–Crippen LogP) is 4.68. The predicted molar refractivity (Wildman–Crippen MR) is 151 cm³/mol. The van der Waals surface area contributed by atoms with Crippen LogP contribution in [0, 0.1) is 5.92 Å². The van der Waals surface area contributed by atoms with Crippen molar-refractivity contribution in [3.63, 3.8) is 0 Å². The van der Waals surface area contributed by atoms with E-state index in [9.17, 15) is 14.7 Å². The van der Waals surface area contributed by atoms with Crippen molar-refractivity contribution in [3.05, 3.63) is 100 Å². The molecule has 1 amide bonds. The molecule has 4 N–H and O–H groups in total. The number of hydrogen-bond acceptors (Lipinski definition) is 6. The number of halogens is 1. The molecule has 5 aromatic rings. The van der Waals surface area contributed by atoms with Crippen molar-refractivity contribution < 1.29 is 9.90 Å². The zero-order valence-corrected chi connectivity index (χ0v) is 21.5. The minimum absolute atomic E-state index is 0.0196. The molecule has 0 bridgehead atoms. The SMILES string of the molecule is Nc1ncnc2c1c(-c1ccc(NC(=O)c3cccn(-c4ccc(Cl)cc4)c3=O)cc1)cn2[C@H]1C[C@@H](CO)C1. The maximum Gasteiger partial charge on any atom is 0.267 e. The van der Waals surface area contributed by atoms with Crippen molar-refractivity contribution in [2.75, 3.05) is 17.7 Å². The number of hydrogen-bond donors (Lipinski definition) is 3. The lowest BCUT2D eigenvalue weighted by Crippen LogP contribution is -2.28. The van der Waals surface area contributed by atoms with Gasteiger partial charge in [0, 0.05) is 47.0 Å². The number of nitrogens with one attached hydrogen (secondary N) is 1. The van der Waals surface area contributed by atoms with Gasteiger partial charge in [-0.05, 0) is 72.9 Å². The summed E-state index contributed by atoms with van der Waals surface area (Å²) in [7, 11) is 0. The summed E-state index contributed by atoms with van der Waals surface area (Å²) in [5, 5.41) is 13.6. The number of aliphatic hydroxyl groups excluding tert-OH is 1. The van der Waals surface area contributed by atoms with Crippen LogP contribution >= 0.6 is 11.6 Å². The van der Waals surface area contributed by atoms with Crippen molar-refractivity contribution in [1.29, 1.82) is 0 Å². The number of benzene rings is 2. The number of rotatable bonds is 6. The van der Waals surface area contributed by atoms with Crippen LogP contribution in [0.1, 0.15) is 29.2 Å². The Morgan fingerprint density at radius 1 is 1.08 bits per heavy atom. The molecule has 10 heteroatoms. The number of carbonyl (C=O) groups excluding carboxylic acids is 1. The number of nitrogens with zero attached hydrogens (tertiary/aromatic N) is 4. The van der Waals surface area contributed by atoms with Gasteiger partial charge in [0.05, 0.1) is 5.39 Å². The normalized spacial score (nSPS) is 16.7. The average Bonchev–Trinajstić information content (AvgIpc) is 3.30. The van der Waals surface area contributed by atoms with Gasteiger partial charge in [-0.25, -0.2) is 9.97 Å². The van der Waals surface area contributed by atoms with Crippen molar-refractivity contribution >= 4 is 40.0 Å². The fourth-order valence-electron chi connectivity index (χ4n) is 5.09. The van der Waals surface area contributed by atoms with E-state index < -0.39 is 11.5 Å². The van der Waals surface area contributed by atoms with Gasteiger partial charge in [-0.2, -0.15) is 0 Å². The molecule has 0 atom stereocenters. The summed E-state index contributed by atoms with van der Waals surface area (Å²) in [6.45, 7) is 0.185. The second-order valence-electron chi connectivity index (χ2n) is 9.69. The Labute approximate surface area is 228 Å². The first-order valence-electron chi connectivity index (χ1n) is 12.5. The van der Waals surface area contributed by atoms with E-state index in [-0.39, 0.29) is 18.2 Å². The first-order chi connectivity index (χ1) is 18.9. The van der Waals surface area contributed by atoms with Gasteiger partial charge >= 0.3 is 0 Å². The quantitative estimate of drug-likeness (QED) is 0.287. The van der Waals surface area contributed by atoms with Crippen molar-refractivity contribution in [2.45, 2.75) is 18.9 Å². The Hall–Kier alpha value is -4.47. The second-order valence-corrected chi connectivity index (χ2v) is 10.1. The Balaban J connectivity index is 1.26. The highest BCUT2D eigenvalue weighted by Crippen LogP contribution is 2.42. The first kappa shape index (κ1) is 24.8. The zero-order valence-electron chi connectivity index (χ0n) is 20.8. The van der Waals surface area contributed by atoms with E-state index >= 15 is 0 Å². The molecular formula is C29H25ClN6O3. The van der Waals surface area contributed by atoms with E-state index in [1.807, 2.05) is 18.3 Å². The molecule has 0 radical (unpaired) electrons. The van der Waals surface area contributed by atoms with Gasteiger partial charge in [-0.15, -0.1) is 0 Å². The smallest absolute Gasteiger partial charge is 0.267 e. The average molecular weight is 541 g/mol. The summed E-state index contributed by atoms with van der Waals surface area (Å²) < 4.78 is 3.52. The molecule has 0 saturated heterocycles. The van der Waals surface area contributed by atoms with Gasteiger partial charge in [0.1, 0.15) is 23.4 Å². The van der Waals surface area contributed by atoms with Crippen LogP contribution in [-0.2, 0) is 0 Å². The zero-order chi connectivity index (χ0) is 27.1. The van der Waals surface area contributed by atoms with E-state index in [1.54, 1.807) is 48.7 Å². The fourth-order valence-corrected chi connectivity index (χ4v) is 5.21. The number of pyridine rings is 1. The fraction of sp³-hybridized carbons (Fsp3) is 0.172. The van der Waals surface area contributed by atoms with Gasteiger partial charge < -0.3 is 20.7 Å². The van der Waals surface area contributed by atoms with Gasteiger partial charge in [0.25, 0.3) is 11.5 Å². The Morgan fingerprint density at radius 3 is 2.54 bits per heavy atom. The standard InChI is InChI=1S/C29H25ClN6O3/c30-19-5-9-21(10-6-19)35-11-1-2-23(29(35)39)28(38)34-20-7-3-18(4-8-20)24-14-36(22-12-17(13-22)15-37)27-25(24)26(31)32-16-33-27/h1-11,14,16-17,22,37H,12-13,15H2,(H,34,38)(H2,31,32,33)/t17-,22+. The van der Waals surface area contributed by atoms with Gasteiger partial charge in [-0.1, -0.05) is 23.7 Å². The van der Waals surface area contributed by atoms with E-state index in [0.29, 0.717) is 28.1 Å². The van der Waals surface area contributed by atoms with Gasteiger partial charge in [-0.3, -0.25) is 14.2 Å². The van der Waals surface area contributed by atoms with Crippen LogP contribution in [0.25, 0.3) is 27.8 Å². The summed E-state index contributed by atoms with van der Waals surface area (Å²) in [5.74, 6) is 0.192. The van der Waals surface area contributed by atoms with Gasteiger partial charge in [0.15, 0.2) is 0 Å². The number of nitrogen functional groups attached to an aromatic ring is 1. The van der Waals surface area contributed by atoms with Crippen LogP contribution in [0.5, 0.6) is 0 Å². The minimum Gasteiger partial charge on any atom is -0.396 e. The number of fused-ring (bicyclic) bond motifs is 1. The number of anilines is 2. The molecule has 3 aromatic heterocycles. The Bertz CT molecular complexity index is 1740. The maximum absolute atomic E-state index is 13.0. The van der Waals surface area contributed by atoms with E-state index in [0.717, 1.165) is 35.0 Å². The van der Waals surface area contributed by atoms with Crippen molar-refractivity contribution in [2.24, 2.45) is 5.92 Å². The molecule has 0 unspecified atom stereocenters. The number of aliphatic hydroxyl groups is 1. The number of aromatic nitrogens is 4. The molecule has 0 spiro atoms. The summed E-state index contributed by atoms with van der Waals surface area (Å²) in [4.78, 5) is 34.7. The molecule has 2 aromatic carbocycles. The third-order valence-corrected chi connectivity index (χ3v) is 7.50. The molecule has 1 saturated carbocycles. The van der Waals surface area contributed by atoms with Gasteiger partial charge in [0.2, 0.25) is 0 Å². The van der Waals surface area contributed by atoms with Crippen LogP contribution in [0.4, 0.5) is 11.5 Å². The Morgan fingerprint density at radius 2 is 1.82 bits per heavy atom. The minimum atomic E-state index is -0.506. The summed E-state index contributed by atoms with van der Waals surface area (Å²) >= 11 is 5.96. The lowest BCUT2D eigenvalue weighted by molar-refractivity contribution is 0.102. The third-order valence-electron chi connectivity index (χ3n) is 7.25. The van der Waals surface area contributed by atoms with Crippen LogP contribution in [-0.4, -0.2) is 36.7 Å². The van der Waals surface area contributed by atoms with Crippen molar-refractivity contribution in [3.8, 4) is 16.8 Å². The molecule has 1 aliphatic carbocycles. The Kier molecular flexibility index (Phi) is 6.38.